The number of aliphatic hydroxyl groups is 1. The van der Waals surface area contributed by atoms with Crippen molar-refractivity contribution in [1.29, 1.82) is 0 Å². The van der Waals surface area contributed by atoms with Crippen molar-refractivity contribution in [2.24, 2.45) is 5.73 Å². The van der Waals surface area contributed by atoms with Gasteiger partial charge in [0.05, 0.1) is 6.10 Å². The van der Waals surface area contributed by atoms with Gasteiger partial charge in [-0.3, -0.25) is 0 Å². The Bertz CT molecular complexity index is 239. The monoisotopic (exact) mass is 188 g/mol. The number of nitrogens with zero attached hydrogens (tertiary/aromatic N) is 2. The van der Waals surface area contributed by atoms with Gasteiger partial charge in [0.25, 0.3) is 0 Å². The van der Waals surface area contributed by atoms with Gasteiger partial charge in [0.1, 0.15) is 5.82 Å². The van der Waals surface area contributed by atoms with Crippen LogP contribution in [0.5, 0.6) is 0 Å². The first-order chi connectivity index (χ1) is 5.72. The molecule has 0 saturated heterocycles. The third kappa shape index (κ3) is 2.72. The van der Waals surface area contributed by atoms with Crippen molar-refractivity contribution in [3.63, 3.8) is 0 Å². The summed E-state index contributed by atoms with van der Waals surface area (Å²) in [5.41, 5.74) is 5.22. The number of nitrogens with one attached hydrogen (secondary N) is 1. The summed E-state index contributed by atoms with van der Waals surface area (Å²) in [6.07, 6.45) is -0.519. The molecule has 1 aromatic rings. The van der Waals surface area contributed by atoms with Crippen LogP contribution in [0.3, 0.4) is 0 Å². The maximum atomic E-state index is 9.09. The minimum Gasteiger partial charge on any atom is -0.390 e. The highest BCUT2D eigenvalue weighted by Gasteiger charge is 2.02. The fourth-order valence-electron chi connectivity index (χ4n) is 0.657. The normalized spacial score (nSPS) is 12.9. The molecule has 0 amide bonds. The van der Waals surface area contributed by atoms with E-state index in [1.165, 1.54) is 11.5 Å². The number of nitrogens with two attached hydrogens (primary N) is 1. The second-order valence-corrected chi connectivity index (χ2v) is 3.17. The Morgan fingerprint density at radius 3 is 3.00 bits per heavy atom. The molecule has 1 heterocycles. The number of aryl methyl sites for hydroxylation is 1. The summed E-state index contributed by atoms with van der Waals surface area (Å²) in [6.45, 7) is 2.50. The fraction of sp³-hybridized carbons (Fsp3) is 0.667. The number of aliphatic hydroxyl groups excluding tert-OH is 1. The highest BCUT2D eigenvalue weighted by molar-refractivity contribution is 7.09. The standard InChI is InChI=1S/C6H12N4OS/c1-4-9-6(12-10-4)8-3-5(11)2-7/h5,11H,2-3,7H2,1H3,(H,8,9,10). The van der Waals surface area contributed by atoms with Gasteiger partial charge in [-0.1, -0.05) is 0 Å². The van der Waals surface area contributed by atoms with Crippen LogP contribution in [0, 0.1) is 6.92 Å². The van der Waals surface area contributed by atoms with E-state index in [1.54, 1.807) is 0 Å². The highest BCUT2D eigenvalue weighted by atomic mass is 32.1. The Hall–Kier alpha value is -0.720. The molecule has 6 heteroatoms. The van der Waals surface area contributed by atoms with Crippen molar-refractivity contribution in [1.82, 2.24) is 9.36 Å². The molecule has 12 heavy (non-hydrogen) atoms. The number of aromatic nitrogens is 2. The lowest BCUT2D eigenvalue weighted by Crippen LogP contribution is -2.27. The summed E-state index contributed by atoms with van der Waals surface area (Å²) in [5, 5.41) is 12.7. The van der Waals surface area contributed by atoms with E-state index in [4.69, 9.17) is 10.8 Å². The summed E-state index contributed by atoms with van der Waals surface area (Å²) < 4.78 is 3.98. The molecule has 0 radical (unpaired) electrons. The van der Waals surface area contributed by atoms with Crippen LogP contribution in [0.2, 0.25) is 0 Å². The second-order valence-electron chi connectivity index (χ2n) is 2.42. The molecule has 1 aromatic heterocycles. The van der Waals surface area contributed by atoms with Crippen LogP contribution in [0.4, 0.5) is 5.13 Å². The van der Waals surface area contributed by atoms with Crippen LogP contribution in [0.1, 0.15) is 5.82 Å². The zero-order chi connectivity index (χ0) is 8.97. The molecule has 1 rings (SSSR count). The Labute approximate surface area is 74.8 Å². The lowest BCUT2D eigenvalue weighted by atomic mass is 10.4. The maximum Gasteiger partial charge on any atom is 0.202 e. The molecule has 0 aliphatic heterocycles. The van der Waals surface area contributed by atoms with Crippen molar-refractivity contribution in [3.05, 3.63) is 5.82 Å². The average Bonchev–Trinajstić information content (AvgIpc) is 2.47. The molecule has 4 N–H and O–H groups in total. The Morgan fingerprint density at radius 1 is 1.75 bits per heavy atom. The Kier molecular flexibility index (Phi) is 3.39. The molecule has 0 bridgehead atoms. The molecule has 0 spiro atoms. The summed E-state index contributed by atoms with van der Waals surface area (Å²) in [4.78, 5) is 4.06. The van der Waals surface area contributed by atoms with E-state index in [-0.39, 0.29) is 6.54 Å². The lowest BCUT2D eigenvalue weighted by molar-refractivity contribution is 0.196. The van der Waals surface area contributed by atoms with Gasteiger partial charge >= 0.3 is 0 Å². The first kappa shape index (κ1) is 9.37. The molecule has 0 aromatic carbocycles. The third-order valence-electron chi connectivity index (χ3n) is 1.29. The maximum absolute atomic E-state index is 9.09. The summed E-state index contributed by atoms with van der Waals surface area (Å²) in [7, 11) is 0. The highest BCUT2D eigenvalue weighted by Crippen LogP contribution is 2.09. The Morgan fingerprint density at radius 2 is 2.50 bits per heavy atom. The van der Waals surface area contributed by atoms with Gasteiger partial charge < -0.3 is 16.2 Å². The number of anilines is 1. The van der Waals surface area contributed by atoms with Gasteiger partial charge in [0.15, 0.2) is 0 Å². The summed E-state index contributed by atoms with van der Waals surface area (Å²) >= 11 is 1.28. The molecule has 0 saturated carbocycles. The van der Waals surface area contributed by atoms with E-state index in [0.717, 1.165) is 11.0 Å². The van der Waals surface area contributed by atoms with E-state index in [9.17, 15) is 0 Å². The van der Waals surface area contributed by atoms with Crippen LogP contribution < -0.4 is 11.1 Å². The molecular formula is C6H12N4OS. The first-order valence-corrected chi connectivity index (χ1v) is 4.42. The quantitative estimate of drug-likeness (QED) is 0.597. The van der Waals surface area contributed by atoms with Crippen molar-refractivity contribution in [2.75, 3.05) is 18.4 Å². The van der Waals surface area contributed by atoms with E-state index in [0.29, 0.717) is 6.54 Å². The van der Waals surface area contributed by atoms with Crippen molar-refractivity contribution >= 4 is 16.7 Å². The molecule has 68 valence electrons. The van der Waals surface area contributed by atoms with E-state index >= 15 is 0 Å². The van der Waals surface area contributed by atoms with Crippen molar-refractivity contribution < 1.29 is 5.11 Å². The molecule has 0 aliphatic rings. The van der Waals surface area contributed by atoms with Crippen molar-refractivity contribution in [2.45, 2.75) is 13.0 Å². The molecule has 5 nitrogen and oxygen atoms in total. The SMILES string of the molecule is Cc1nsc(NCC(O)CN)n1. The number of hydrogen-bond acceptors (Lipinski definition) is 6. The van der Waals surface area contributed by atoms with Crippen LogP contribution in [0.25, 0.3) is 0 Å². The van der Waals surface area contributed by atoms with Gasteiger partial charge in [0, 0.05) is 24.6 Å². The van der Waals surface area contributed by atoms with Crippen LogP contribution in [-0.2, 0) is 0 Å². The van der Waals surface area contributed by atoms with E-state index < -0.39 is 6.10 Å². The minimum absolute atomic E-state index is 0.255. The number of rotatable bonds is 4. The van der Waals surface area contributed by atoms with Crippen LogP contribution >= 0.6 is 11.5 Å². The smallest absolute Gasteiger partial charge is 0.202 e. The average molecular weight is 188 g/mol. The zero-order valence-electron chi connectivity index (χ0n) is 6.82. The molecule has 0 aliphatic carbocycles. The van der Waals surface area contributed by atoms with Gasteiger partial charge in [-0.25, -0.2) is 4.98 Å². The molecule has 0 fully saturated rings. The second kappa shape index (κ2) is 4.34. The van der Waals surface area contributed by atoms with Crippen LogP contribution in [-0.4, -0.2) is 33.7 Å². The fourth-order valence-corrected chi connectivity index (χ4v) is 1.24. The predicted octanol–water partition coefficient (Wildman–Crippen LogP) is -0.422. The zero-order valence-corrected chi connectivity index (χ0v) is 7.64. The van der Waals surface area contributed by atoms with E-state index in [2.05, 4.69) is 14.7 Å². The van der Waals surface area contributed by atoms with Crippen LogP contribution in [0.15, 0.2) is 0 Å². The minimum atomic E-state index is -0.519. The van der Waals surface area contributed by atoms with Gasteiger partial charge in [-0.2, -0.15) is 4.37 Å². The Balaban J connectivity index is 2.33. The van der Waals surface area contributed by atoms with Crippen molar-refractivity contribution in [3.8, 4) is 0 Å². The lowest BCUT2D eigenvalue weighted by Gasteiger charge is -2.06. The number of hydrogen-bond donors (Lipinski definition) is 3. The van der Waals surface area contributed by atoms with E-state index in [1.807, 2.05) is 6.92 Å². The predicted molar refractivity (Wildman–Crippen MR) is 48.2 cm³/mol. The van der Waals surface area contributed by atoms with Gasteiger partial charge in [-0.15, -0.1) is 0 Å². The molecular weight excluding hydrogens is 176 g/mol. The molecule has 1 unspecified atom stereocenters. The van der Waals surface area contributed by atoms with Gasteiger partial charge in [-0.05, 0) is 6.92 Å². The first-order valence-electron chi connectivity index (χ1n) is 3.64. The largest absolute Gasteiger partial charge is 0.390 e. The molecule has 1 atom stereocenters. The van der Waals surface area contributed by atoms with Gasteiger partial charge in [0.2, 0.25) is 5.13 Å². The summed E-state index contributed by atoms with van der Waals surface area (Å²) in [6, 6.07) is 0. The topological polar surface area (TPSA) is 84.1 Å². The summed E-state index contributed by atoms with van der Waals surface area (Å²) in [5.74, 6) is 0.740. The third-order valence-corrected chi connectivity index (χ3v) is 2.05.